The van der Waals surface area contributed by atoms with Crippen LogP contribution in [0.25, 0.3) is 0 Å². The van der Waals surface area contributed by atoms with Gasteiger partial charge in [-0.3, -0.25) is 4.79 Å². The molecule has 0 aliphatic rings. The van der Waals surface area contributed by atoms with Gasteiger partial charge in [0, 0.05) is 6.92 Å². The fourth-order valence-electron chi connectivity index (χ4n) is 1.81. The Kier molecular flexibility index (Phi) is 5.18. The van der Waals surface area contributed by atoms with Crippen LogP contribution in [0.5, 0.6) is 10.9 Å². The lowest BCUT2D eigenvalue weighted by atomic mass is 10.1. The van der Waals surface area contributed by atoms with Crippen molar-refractivity contribution in [1.82, 2.24) is 10.3 Å². The van der Waals surface area contributed by atoms with Crippen molar-refractivity contribution in [2.45, 2.75) is 33.7 Å². The lowest BCUT2D eigenvalue weighted by Gasteiger charge is -2.07. The van der Waals surface area contributed by atoms with Crippen molar-refractivity contribution >= 4 is 17.2 Å². The quantitative estimate of drug-likeness (QED) is 0.883. The van der Waals surface area contributed by atoms with Crippen molar-refractivity contribution in [1.29, 1.82) is 0 Å². The minimum absolute atomic E-state index is 0.0925. The van der Waals surface area contributed by atoms with Gasteiger partial charge in [0.15, 0.2) is 0 Å². The highest BCUT2D eigenvalue weighted by molar-refractivity contribution is 7.13. The topological polar surface area (TPSA) is 51.2 Å². The molecule has 1 amide bonds. The second kappa shape index (κ2) is 7.10. The number of carbonyl (C=O) groups excluding carboxylic acids is 1. The second-order valence-corrected chi connectivity index (χ2v) is 5.98. The van der Waals surface area contributed by atoms with Crippen molar-refractivity contribution in [3.63, 3.8) is 0 Å². The first kappa shape index (κ1) is 16.1. The molecular formula is C17H18N2O2S. The molecule has 114 valence electrons. The smallest absolute Gasteiger partial charge is 0.279 e. The van der Waals surface area contributed by atoms with Gasteiger partial charge >= 0.3 is 0 Å². The summed E-state index contributed by atoms with van der Waals surface area (Å²) in [5.74, 6) is 6.67. The van der Waals surface area contributed by atoms with Crippen molar-refractivity contribution in [3.05, 3.63) is 40.4 Å². The van der Waals surface area contributed by atoms with Crippen LogP contribution in [0.3, 0.4) is 0 Å². The van der Waals surface area contributed by atoms with E-state index in [2.05, 4.69) is 22.1 Å². The number of thiazole rings is 1. The summed E-state index contributed by atoms with van der Waals surface area (Å²) < 4.78 is 5.81. The number of aryl methyl sites for hydroxylation is 1. The third kappa shape index (κ3) is 4.34. The SMILES string of the molecule is CC(=O)NC(C)C#Cc1cnc(Oc2cccc(C)c2C)s1. The Morgan fingerprint density at radius 2 is 2.18 bits per heavy atom. The zero-order valence-electron chi connectivity index (χ0n) is 13.1. The van der Waals surface area contributed by atoms with Gasteiger partial charge in [-0.15, -0.1) is 0 Å². The standard InChI is InChI=1S/C17H18N2O2S/c1-11-6-5-7-16(13(11)3)21-17-18-10-15(22-17)9-8-12(2)19-14(4)20/h5-7,10,12H,1-4H3,(H,19,20). The number of benzene rings is 1. The molecule has 1 N–H and O–H groups in total. The zero-order chi connectivity index (χ0) is 16.1. The maximum absolute atomic E-state index is 10.9. The van der Waals surface area contributed by atoms with E-state index in [4.69, 9.17) is 4.74 Å². The maximum atomic E-state index is 10.9. The van der Waals surface area contributed by atoms with Crippen molar-refractivity contribution in [2.24, 2.45) is 0 Å². The molecule has 1 heterocycles. The van der Waals surface area contributed by atoms with Gasteiger partial charge < -0.3 is 10.1 Å². The molecule has 1 aromatic heterocycles. The molecule has 0 fully saturated rings. The predicted molar refractivity (Wildman–Crippen MR) is 88.3 cm³/mol. The number of nitrogens with zero attached hydrogens (tertiary/aromatic N) is 1. The molecule has 1 atom stereocenters. The Hall–Kier alpha value is -2.32. The van der Waals surface area contributed by atoms with Gasteiger partial charge in [0.2, 0.25) is 5.91 Å². The number of hydrogen-bond donors (Lipinski definition) is 1. The van der Waals surface area contributed by atoms with Crippen LogP contribution in [-0.2, 0) is 4.79 Å². The summed E-state index contributed by atoms with van der Waals surface area (Å²) in [6.07, 6.45) is 1.68. The molecular weight excluding hydrogens is 296 g/mol. The average Bonchev–Trinajstić information content (AvgIpc) is 2.89. The van der Waals surface area contributed by atoms with E-state index in [1.807, 2.05) is 39.0 Å². The van der Waals surface area contributed by atoms with E-state index in [0.29, 0.717) is 5.19 Å². The molecule has 0 aliphatic heterocycles. The van der Waals surface area contributed by atoms with Crippen LogP contribution in [0.2, 0.25) is 0 Å². The third-order valence-electron chi connectivity index (χ3n) is 3.07. The maximum Gasteiger partial charge on any atom is 0.279 e. The predicted octanol–water partition coefficient (Wildman–Crippen LogP) is 3.43. The number of hydrogen-bond acceptors (Lipinski definition) is 4. The van der Waals surface area contributed by atoms with Crippen LogP contribution in [0.1, 0.15) is 29.9 Å². The minimum Gasteiger partial charge on any atom is -0.431 e. The molecule has 1 unspecified atom stereocenters. The summed E-state index contributed by atoms with van der Waals surface area (Å²) in [6.45, 7) is 7.38. The molecule has 0 aliphatic carbocycles. The Bertz CT molecular complexity index is 741. The van der Waals surface area contributed by atoms with Gasteiger partial charge in [0.05, 0.1) is 12.2 Å². The highest BCUT2D eigenvalue weighted by Gasteiger charge is 2.07. The molecule has 0 saturated heterocycles. The lowest BCUT2D eigenvalue weighted by Crippen LogP contribution is -2.28. The second-order valence-electron chi connectivity index (χ2n) is 4.98. The van der Waals surface area contributed by atoms with E-state index < -0.39 is 0 Å². The van der Waals surface area contributed by atoms with Crippen molar-refractivity contribution in [3.8, 4) is 22.8 Å². The van der Waals surface area contributed by atoms with Crippen LogP contribution in [0.15, 0.2) is 24.4 Å². The molecule has 0 spiro atoms. The number of rotatable bonds is 3. The highest BCUT2D eigenvalue weighted by atomic mass is 32.1. The van der Waals surface area contributed by atoms with E-state index >= 15 is 0 Å². The largest absolute Gasteiger partial charge is 0.431 e. The fourth-order valence-corrected chi connectivity index (χ4v) is 2.45. The van der Waals surface area contributed by atoms with Crippen LogP contribution < -0.4 is 10.1 Å². The van der Waals surface area contributed by atoms with E-state index in [1.165, 1.54) is 23.8 Å². The number of ether oxygens (including phenoxy) is 1. The molecule has 1 aromatic carbocycles. The summed E-state index contributed by atoms with van der Waals surface area (Å²) >= 11 is 1.38. The first-order chi connectivity index (χ1) is 10.5. The first-order valence-corrected chi connectivity index (χ1v) is 7.76. The summed E-state index contributed by atoms with van der Waals surface area (Å²) in [5.41, 5.74) is 2.28. The fraction of sp³-hybridized carbons (Fsp3) is 0.294. The highest BCUT2D eigenvalue weighted by Crippen LogP contribution is 2.29. The summed E-state index contributed by atoms with van der Waals surface area (Å²) in [4.78, 5) is 16.0. The third-order valence-corrected chi connectivity index (χ3v) is 3.86. The van der Waals surface area contributed by atoms with Crippen molar-refractivity contribution in [2.75, 3.05) is 0 Å². The van der Waals surface area contributed by atoms with E-state index in [1.54, 1.807) is 6.20 Å². The van der Waals surface area contributed by atoms with Crippen molar-refractivity contribution < 1.29 is 9.53 Å². The lowest BCUT2D eigenvalue weighted by molar-refractivity contribution is -0.119. The Labute approximate surface area is 134 Å². The molecule has 0 radical (unpaired) electrons. The minimum atomic E-state index is -0.192. The van der Waals surface area contributed by atoms with Gasteiger partial charge in [-0.2, -0.15) is 0 Å². The number of carbonyl (C=O) groups is 1. The number of amides is 1. The Morgan fingerprint density at radius 3 is 2.91 bits per heavy atom. The normalized spacial score (nSPS) is 11.3. The summed E-state index contributed by atoms with van der Waals surface area (Å²) in [6, 6.07) is 5.74. The Morgan fingerprint density at radius 1 is 1.41 bits per heavy atom. The molecule has 4 nitrogen and oxygen atoms in total. The van der Waals surface area contributed by atoms with Crippen LogP contribution in [0.4, 0.5) is 0 Å². The van der Waals surface area contributed by atoms with E-state index in [0.717, 1.165) is 16.2 Å². The van der Waals surface area contributed by atoms with Crippen LogP contribution in [-0.4, -0.2) is 16.9 Å². The Balaban J connectivity index is 2.07. The van der Waals surface area contributed by atoms with Crippen LogP contribution in [0, 0.1) is 25.7 Å². The summed E-state index contributed by atoms with van der Waals surface area (Å²) in [7, 11) is 0. The molecule has 22 heavy (non-hydrogen) atoms. The monoisotopic (exact) mass is 314 g/mol. The van der Waals surface area contributed by atoms with E-state index in [9.17, 15) is 4.79 Å². The first-order valence-electron chi connectivity index (χ1n) is 6.94. The van der Waals surface area contributed by atoms with Gasteiger partial charge in [-0.05, 0) is 38.0 Å². The number of aromatic nitrogens is 1. The number of nitrogens with one attached hydrogen (secondary N) is 1. The molecule has 5 heteroatoms. The van der Waals surface area contributed by atoms with Crippen LogP contribution >= 0.6 is 11.3 Å². The van der Waals surface area contributed by atoms with Gasteiger partial charge in [0.25, 0.3) is 5.19 Å². The molecule has 2 rings (SSSR count). The molecule has 0 saturated carbocycles. The van der Waals surface area contributed by atoms with E-state index in [-0.39, 0.29) is 11.9 Å². The van der Waals surface area contributed by atoms with Gasteiger partial charge in [0.1, 0.15) is 10.6 Å². The van der Waals surface area contributed by atoms with Gasteiger partial charge in [-0.1, -0.05) is 35.3 Å². The molecule has 0 bridgehead atoms. The zero-order valence-corrected chi connectivity index (χ0v) is 13.9. The summed E-state index contributed by atoms with van der Waals surface area (Å²) in [5, 5.41) is 3.27. The molecule has 2 aromatic rings. The van der Waals surface area contributed by atoms with Gasteiger partial charge in [-0.25, -0.2) is 4.98 Å². The average molecular weight is 314 g/mol.